The highest BCUT2D eigenvalue weighted by molar-refractivity contribution is 5.82. The van der Waals surface area contributed by atoms with Gasteiger partial charge in [0, 0.05) is 20.7 Å². The molecule has 0 heterocycles. The monoisotopic (exact) mass is 279 g/mol. The number of rotatable bonds is 7. The first-order valence-corrected chi connectivity index (χ1v) is 6.87. The Kier molecular flexibility index (Phi) is 6.17. The molecule has 112 valence electrons. The third kappa shape index (κ3) is 4.62. The van der Waals surface area contributed by atoms with Crippen molar-refractivity contribution in [2.45, 2.75) is 33.0 Å². The molecule has 0 saturated heterocycles. The van der Waals surface area contributed by atoms with E-state index in [2.05, 4.69) is 0 Å². The van der Waals surface area contributed by atoms with Crippen LogP contribution in [0.3, 0.4) is 0 Å². The van der Waals surface area contributed by atoms with Gasteiger partial charge in [-0.15, -0.1) is 0 Å². The fourth-order valence-electron chi connectivity index (χ4n) is 2.04. The van der Waals surface area contributed by atoms with Gasteiger partial charge in [-0.25, -0.2) is 0 Å². The fraction of sp³-hybridized carbons (Fsp3) is 0.562. The smallest absolute Gasteiger partial charge is 0.230 e. The first-order chi connectivity index (χ1) is 9.35. The summed E-state index contributed by atoms with van der Waals surface area (Å²) in [5, 5.41) is 10.2. The molecule has 1 amide bonds. The van der Waals surface area contributed by atoms with E-state index >= 15 is 0 Å². The van der Waals surface area contributed by atoms with Gasteiger partial charge in [-0.1, -0.05) is 30.3 Å². The molecule has 4 nitrogen and oxygen atoms in total. The molecule has 0 aliphatic heterocycles. The number of hydrogen-bond acceptors (Lipinski definition) is 3. The van der Waals surface area contributed by atoms with Gasteiger partial charge in [-0.05, 0) is 25.8 Å². The molecule has 0 aliphatic rings. The SMILES string of the molecule is CN(C)C(=O)C(C)(C)C(O)CCOCc1ccccc1. The maximum Gasteiger partial charge on any atom is 0.230 e. The highest BCUT2D eigenvalue weighted by Gasteiger charge is 2.36. The second kappa shape index (κ2) is 7.41. The van der Waals surface area contributed by atoms with Crippen molar-refractivity contribution in [3.05, 3.63) is 35.9 Å². The molecule has 0 radical (unpaired) electrons. The predicted octanol–water partition coefficient (Wildman–Crippen LogP) is 2.07. The normalized spacial score (nSPS) is 13.1. The molecule has 1 N–H and O–H groups in total. The highest BCUT2D eigenvalue weighted by atomic mass is 16.5. The largest absolute Gasteiger partial charge is 0.392 e. The molecule has 1 atom stereocenters. The Labute approximate surface area is 121 Å². The molecular formula is C16H25NO3. The second-order valence-electron chi connectivity index (χ2n) is 5.76. The van der Waals surface area contributed by atoms with Crippen molar-refractivity contribution >= 4 is 5.91 Å². The van der Waals surface area contributed by atoms with Gasteiger partial charge in [0.15, 0.2) is 0 Å². The van der Waals surface area contributed by atoms with Crippen LogP contribution in [0, 0.1) is 5.41 Å². The van der Waals surface area contributed by atoms with E-state index in [1.807, 2.05) is 30.3 Å². The first kappa shape index (κ1) is 16.7. The molecule has 0 fully saturated rings. The summed E-state index contributed by atoms with van der Waals surface area (Å²) in [5.74, 6) is -0.0759. The number of benzene rings is 1. The average Bonchev–Trinajstić information content (AvgIpc) is 2.43. The van der Waals surface area contributed by atoms with Crippen LogP contribution in [0.25, 0.3) is 0 Å². The summed E-state index contributed by atoms with van der Waals surface area (Å²) >= 11 is 0. The molecule has 20 heavy (non-hydrogen) atoms. The van der Waals surface area contributed by atoms with Crippen LogP contribution < -0.4 is 0 Å². The molecule has 1 unspecified atom stereocenters. The summed E-state index contributed by atoms with van der Waals surface area (Å²) in [4.78, 5) is 13.5. The first-order valence-electron chi connectivity index (χ1n) is 6.87. The van der Waals surface area contributed by atoms with E-state index in [0.29, 0.717) is 19.6 Å². The van der Waals surface area contributed by atoms with E-state index < -0.39 is 11.5 Å². The fourth-order valence-corrected chi connectivity index (χ4v) is 2.04. The molecule has 1 aromatic rings. The number of hydrogen-bond donors (Lipinski definition) is 1. The number of ether oxygens (including phenoxy) is 1. The minimum atomic E-state index is -0.792. The van der Waals surface area contributed by atoms with Gasteiger partial charge in [0.25, 0.3) is 0 Å². The molecule has 0 saturated carbocycles. The van der Waals surface area contributed by atoms with Gasteiger partial charge < -0.3 is 14.7 Å². The van der Waals surface area contributed by atoms with Crippen molar-refractivity contribution in [3.63, 3.8) is 0 Å². The third-order valence-corrected chi connectivity index (χ3v) is 3.44. The van der Waals surface area contributed by atoms with Crippen molar-refractivity contribution < 1.29 is 14.6 Å². The van der Waals surface area contributed by atoms with Crippen LogP contribution in [0.15, 0.2) is 30.3 Å². The summed E-state index contributed by atoms with van der Waals surface area (Å²) in [7, 11) is 3.39. The van der Waals surface area contributed by atoms with Crippen molar-refractivity contribution in [1.29, 1.82) is 0 Å². The van der Waals surface area contributed by atoms with Gasteiger partial charge >= 0.3 is 0 Å². The Morgan fingerprint density at radius 3 is 2.45 bits per heavy atom. The molecule has 1 aromatic carbocycles. The summed E-state index contributed by atoms with van der Waals surface area (Å²) < 4.78 is 5.54. The van der Waals surface area contributed by atoms with Gasteiger partial charge in [0.1, 0.15) is 0 Å². The molecular weight excluding hydrogens is 254 g/mol. The molecule has 0 aromatic heterocycles. The van der Waals surface area contributed by atoms with Crippen LogP contribution in [0.2, 0.25) is 0 Å². The summed E-state index contributed by atoms with van der Waals surface area (Å²) in [6.45, 7) is 4.48. The third-order valence-electron chi connectivity index (χ3n) is 3.44. The van der Waals surface area contributed by atoms with Crippen LogP contribution in [-0.4, -0.2) is 42.7 Å². The van der Waals surface area contributed by atoms with Crippen molar-refractivity contribution in [3.8, 4) is 0 Å². The van der Waals surface area contributed by atoms with Gasteiger partial charge in [-0.2, -0.15) is 0 Å². The summed E-state index contributed by atoms with van der Waals surface area (Å²) in [6.07, 6.45) is -0.271. The zero-order valence-electron chi connectivity index (χ0n) is 12.8. The number of aliphatic hydroxyl groups excluding tert-OH is 1. The lowest BCUT2D eigenvalue weighted by molar-refractivity contribution is -0.144. The minimum absolute atomic E-state index is 0.0759. The van der Waals surface area contributed by atoms with E-state index in [0.717, 1.165) is 5.56 Å². The van der Waals surface area contributed by atoms with E-state index in [9.17, 15) is 9.90 Å². The van der Waals surface area contributed by atoms with E-state index in [4.69, 9.17) is 4.74 Å². The number of nitrogens with zero attached hydrogens (tertiary/aromatic N) is 1. The lowest BCUT2D eigenvalue weighted by atomic mass is 9.83. The highest BCUT2D eigenvalue weighted by Crippen LogP contribution is 2.25. The topological polar surface area (TPSA) is 49.8 Å². The van der Waals surface area contributed by atoms with E-state index in [-0.39, 0.29) is 5.91 Å². The van der Waals surface area contributed by atoms with Crippen LogP contribution in [-0.2, 0) is 16.1 Å². The van der Waals surface area contributed by atoms with E-state index in [1.165, 1.54) is 4.90 Å². The Hall–Kier alpha value is -1.39. The Morgan fingerprint density at radius 1 is 1.30 bits per heavy atom. The maximum atomic E-state index is 12.0. The average molecular weight is 279 g/mol. The van der Waals surface area contributed by atoms with Crippen LogP contribution in [0.1, 0.15) is 25.8 Å². The number of carbonyl (C=O) groups is 1. The Bertz CT molecular complexity index is 415. The van der Waals surface area contributed by atoms with Crippen molar-refractivity contribution in [2.75, 3.05) is 20.7 Å². The number of amides is 1. The zero-order chi connectivity index (χ0) is 15.2. The van der Waals surface area contributed by atoms with Gasteiger partial charge in [-0.3, -0.25) is 4.79 Å². The standard InChI is InChI=1S/C16H25NO3/c1-16(2,15(19)17(3)4)14(18)10-11-20-12-13-8-6-5-7-9-13/h5-9,14,18H,10-12H2,1-4H3. The maximum absolute atomic E-state index is 12.0. The number of aliphatic hydroxyl groups is 1. The Morgan fingerprint density at radius 2 is 1.90 bits per heavy atom. The lowest BCUT2D eigenvalue weighted by Gasteiger charge is -2.31. The zero-order valence-corrected chi connectivity index (χ0v) is 12.8. The quantitative estimate of drug-likeness (QED) is 0.777. The molecule has 4 heteroatoms. The molecule has 0 aliphatic carbocycles. The predicted molar refractivity (Wildman–Crippen MR) is 79.2 cm³/mol. The van der Waals surface area contributed by atoms with Crippen molar-refractivity contribution in [2.24, 2.45) is 5.41 Å². The van der Waals surface area contributed by atoms with Crippen molar-refractivity contribution in [1.82, 2.24) is 4.90 Å². The minimum Gasteiger partial charge on any atom is -0.392 e. The van der Waals surface area contributed by atoms with Gasteiger partial charge in [0.2, 0.25) is 5.91 Å². The number of carbonyl (C=O) groups excluding carboxylic acids is 1. The second-order valence-corrected chi connectivity index (χ2v) is 5.76. The van der Waals surface area contributed by atoms with Crippen LogP contribution >= 0.6 is 0 Å². The summed E-state index contributed by atoms with van der Waals surface area (Å²) in [5.41, 5.74) is 0.310. The molecule has 1 rings (SSSR count). The lowest BCUT2D eigenvalue weighted by Crippen LogP contribution is -2.44. The van der Waals surface area contributed by atoms with Crippen LogP contribution in [0.5, 0.6) is 0 Å². The van der Waals surface area contributed by atoms with E-state index in [1.54, 1.807) is 27.9 Å². The summed E-state index contributed by atoms with van der Waals surface area (Å²) in [6, 6.07) is 9.88. The molecule has 0 bridgehead atoms. The van der Waals surface area contributed by atoms with Crippen LogP contribution in [0.4, 0.5) is 0 Å². The Balaban J connectivity index is 2.36. The van der Waals surface area contributed by atoms with Gasteiger partial charge in [0.05, 0.1) is 18.1 Å². The molecule has 0 spiro atoms.